The molecule has 0 saturated heterocycles. The third kappa shape index (κ3) is 3.67. The average molecular weight is 378 g/mol. The first-order valence-electron chi connectivity index (χ1n) is 7.45. The zero-order valence-electron chi connectivity index (χ0n) is 13.2. The van der Waals surface area contributed by atoms with E-state index in [1.54, 1.807) is 13.1 Å². The third-order valence-corrected chi connectivity index (χ3v) is 4.32. The van der Waals surface area contributed by atoms with Gasteiger partial charge in [-0.1, -0.05) is 53.5 Å². The zero-order valence-corrected chi connectivity index (χ0v) is 14.7. The van der Waals surface area contributed by atoms with E-state index in [1.807, 2.05) is 30.3 Å². The van der Waals surface area contributed by atoms with E-state index >= 15 is 0 Å². The van der Waals surface area contributed by atoms with Crippen molar-refractivity contribution in [2.24, 2.45) is 0 Å². The maximum absolute atomic E-state index is 13.7. The highest BCUT2D eigenvalue weighted by Gasteiger charge is 2.20. The second-order valence-corrected chi connectivity index (χ2v) is 6.11. The maximum atomic E-state index is 13.7. The Kier molecular flexibility index (Phi) is 5.06. The lowest BCUT2D eigenvalue weighted by atomic mass is 10.1. The molecule has 0 fully saturated rings. The number of hydrogen-bond acceptors (Lipinski definition) is 4. The van der Waals surface area contributed by atoms with Gasteiger partial charge in [-0.25, -0.2) is 14.4 Å². The number of anilines is 1. The predicted molar refractivity (Wildman–Crippen MR) is 97.3 cm³/mol. The van der Waals surface area contributed by atoms with Gasteiger partial charge in [-0.3, -0.25) is 0 Å². The summed E-state index contributed by atoms with van der Waals surface area (Å²) in [7, 11) is 0. The molecule has 1 unspecified atom stereocenters. The molecule has 0 bridgehead atoms. The molecule has 1 atom stereocenters. The highest BCUT2D eigenvalue weighted by molar-refractivity contribution is 6.36. The van der Waals surface area contributed by atoms with Crippen molar-refractivity contribution in [2.45, 2.75) is 13.0 Å². The number of nitrogen functional groups attached to an aromatic ring is 1. The summed E-state index contributed by atoms with van der Waals surface area (Å²) in [5.74, 6) is -0.325. The van der Waals surface area contributed by atoms with Crippen LogP contribution in [0.4, 0.5) is 10.2 Å². The molecule has 25 heavy (non-hydrogen) atoms. The van der Waals surface area contributed by atoms with Gasteiger partial charge in [-0.2, -0.15) is 0 Å². The van der Waals surface area contributed by atoms with Gasteiger partial charge in [0.25, 0.3) is 5.88 Å². The van der Waals surface area contributed by atoms with Gasteiger partial charge in [-0.15, -0.1) is 0 Å². The quantitative estimate of drug-likeness (QED) is 0.625. The SMILES string of the molecule is CC(Oc1nc(-c2ccccc2)cnc1N)c1c(Cl)ccc(F)c1Cl. The van der Waals surface area contributed by atoms with Crippen molar-refractivity contribution in [1.82, 2.24) is 9.97 Å². The van der Waals surface area contributed by atoms with E-state index in [9.17, 15) is 4.39 Å². The topological polar surface area (TPSA) is 61.0 Å². The molecule has 7 heteroatoms. The number of benzene rings is 2. The summed E-state index contributed by atoms with van der Waals surface area (Å²) in [6.07, 6.45) is 0.892. The van der Waals surface area contributed by atoms with Gasteiger partial charge < -0.3 is 10.5 Å². The Balaban J connectivity index is 1.94. The summed E-state index contributed by atoms with van der Waals surface area (Å²) in [6.45, 7) is 1.68. The lowest BCUT2D eigenvalue weighted by Crippen LogP contribution is -2.09. The molecule has 1 aromatic heterocycles. The molecule has 0 amide bonds. The van der Waals surface area contributed by atoms with Crippen LogP contribution in [0.1, 0.15) is 18.6 Å². The molecule has 0 radical (unpaired) electrons. The van der Waals surface area contributed by atoms with Gasteiger partial charge in [0.1, 0.15) is 11.9 Å². The summed E-state index contributed by atoms with van der Waals surface area (Å²) in [4.78, 5) is 8.51. The number of nitrogens with two attached hydrogens (primary N) is 1. The van der Waals surface area contributed by atoms with Crippen LogP contribution in [-0.2, 0) is 0 Å². The molecule has 128 valence electrons. The molecule has 0 spiro atoms. The van der Waals surface area contributed by atoms with Crippen LogP contribution in [0.15, 0.2) is 48.7 Å². The fourth-order valence-corrected chi connectivity index (χ4v) is 3.04. The van der Waals surface area contributed by atoms with Crippen molar-refractivity contribution < 1.29 is 9.13 Å². The Labute approximate surface area is 154 Å². The molecular weight excluding hydrogens is 364 g/mol. The van der Waals surface area contributed by atoms with Crippen molar-refractivity contribution in [3.63, 3.8) is 0 Å². The van der Waals surface area contributed by atoms with Gasteiger partial charge in [-0.05, 0) is 19.1 Å². The molecular formula is C18H14Cl2FN3O. The van der Waals surface area contributed by atoms with Crippen LogP contribution < -0.4 is 10.5 Å². The molecule has 4 nitrogen and oxygen atoms in total. The second-order valence-electron chi connectivity index (χ2n) is 5.33. The van der Waals surface area contributed by atoms with Crippen LogP contribution in [0.3, 0.4) is 0 Å². The summed E-state index contributed by atoms with van der Waals surface area (Å²) < 4.78 is 19.5. The van der Waals surface area contributed by atoms with E-state index in [4.69, 9.17) is 33.7 Å². The molecule has 0 aliphatic heterocycles. The highest BCUT2D eigenvalue weighted by atomic mass is 35.5. The minimum absolute atomic E-state index is 0.0919. The van der Waals surface area contributed by atoms with Crippen LogP contribution in [0.25, 0.3) is 11.3 Å². The van der Waals surface area contributed by atoms with Crippen LogP contribution in [-0.4, -0.2) is 9.97 Å². The predicted octanol–water partition coefficient (Wildman–Crippen LogP) is 5.31. The fraction of sp³-hybridized carbons (Fsp3) is 0.111. The van der Waals surface area contributed by atoms with E-state index in [1.165, 1.54) is 12.1 Å². The average Bonchev–Trinajstić information content (AvgIpc) is 2.61. The van der Waals surface area contributed by atoms with Crippen LogP contribution in [0.5, 0.6) is 5.88 Å². The van der Waals surface area contributed by atoms with Crippen LogP contribution >= 0.6 is 23.2 Å². The lowest BCUT2D eigenvalue weighted by molar-refractivity contribution is 0.218. The summed E-state index contributed by atoms with van der Waals surface area (Å²) in [5.41, 5.74) is 7.66. The van der Waals surface area contributed by atoms with E-state index in [0.29, 0.717) is 16.3 Å². The summed E-state index contributed by atoms with van der Waals surface area (Å²) in [6, 6.07) is 12.1. The van der Waals surface area contributed by atoms with Crippen molar-refractivity contribution in [3.8, 4) is 17.1 Å². The Morgan fingerprint density at radius 1 is 1.12 bits per heavy atom. The molecule has 1 heterocycles. The van der Waals surface area contributed by atoms with Gasteiger partial charge in [0.05, 0.1) is 16.9 Å². The molecule has 3 rings (SSSR count). The van der Waals surface area contributed by atoms with Gasteiger partial charge in [0.15, 0.2) is 5.82 Å². The minimum atomic E-state index is -0.668. The maximum Gasteiger partial charge on any atom is 0.258 e. The number of aromatic nitrogens is 2. The van der Waals surface area contributed by atoms with E-state index in [-0.39, 0.29) is 16.7 Å². The normalized spacial score (nSPS) is 12.0. The Morgan fingerprint density at radius 3 is 2.56 bits per heavy atom. The van der Waals surface area contributed by atoms with Crippen LogP contribution in [0, 0.1) is 5.82 Å². The van der Waals surface area contributed by atoms with Crippen molar-refractivity contribution in [1.29, 1.82) is 0 Å². The first kappa shape index (κ1) is 17.5. The Bertz CT molecular complexity index is 906. The van der Waals surface area contributed by atoms with Gasteiger partial charge in [0.2, 0.25) is 0 Å². The number of hydrogen-bond donors (Lipinski definition) is 1. The molecule has 0 aliphatic carbocycles. The number of halogens is 3. The highest BCUT2D eigenvalue weighted by Crippen LogP contribution is 2.35. The van der Waals surface area contributed by atoms with Gasteiger partial charge in [0, 0.05) is 16.1 Å². The zero-order chi connectivity index (χ0) is 18.0. The first-order valence-corrected chi connectivity index (χ1v) is 8.21. The van der Waals surface area contributed by atoms with Crippen molar-refractivity contribution >= 4 is 29.0 Å². The summed E-state index contributed by atoms with van der Waals surface area (Å²) >= 11 is 12.2. The van der Waals surface area contributed by atoms with Crippen molar-refractivity contribution in [3.05, 3.63) is 70.1 Å². The molecule has 0 saturated carbocycles. The van der Waals surface area contributed by atoms with E-state index < -0.39 is 11.9 Å². The monoisotopic (exact) mass is 377 g/mol. The fourth-order valence-electron chi connectivity index (χ4n) is 2.36. The molecule has 2 aromatic carbocycles. The molecule has 0 aliphatic rings. The number of ether oxygens (including phenoxy) is 1. The lowest BCUT2D eigenvalue weighted by Gasteiger charge is -2.18. The second kappa shape index (κ2) is 7.25. The van der Waals surface area contributed by atoms with Gasteiger partial charge >= 0.3 is 0 Å². The third-order valence-electron chi connectivity index (χ3n) is 3.61. The smallest absolute Gasteiger partial charge is 0.258 e. The first-order chi connectivity index (χ1) is 12.0. The molecule has 3 aromatic rings. The number of nitrogens with zero attached hydrogens (tertiary/aromatic N) is 2. The Morgan fingerprint density at radius 2 is 1.84 bits per heavy atom. The van der Waals surface area contributed by atoms with Crippen molar-refractivity contribution in [2.75, 3.05) is 5.73 Å². The van der Waals surface area contributed by atoms with E-state index in [2.05, 4.69) is 9.97 Å². The van der Waals surface area contributed by atoms with E-state index in [0.717, 1.165) is 5.56 Å². The molecule has 2 N–H and O–H groups in total. The number of rotatable bonds is 4. The van der Waals surface area contributed by atoms with Crippen LogP contribution in [0.2, 0.25) is 10.0 Å². The Hall–Kier alpha value is -2.37. The minimum Gasteiger partial charge on any atom is -0.467 e. The largest absolute Gasteiger partial charge is 0.467 e. The standard InChI is InChI=1S/C18H14Cl2FN3O/c1-10(15-12(19)7-8-13(21)16(15)20)25-18-17(22)23-9-14(24-18)11-5-3-2-4-6-11/h2-10H,1H3,(H2,22,23). The summed E-state index contributed by atoms with van der Waals surface area (Å²) in [5, 5.41) is 0.204.